The van der Waals surface area contributed by atoms with Crippen LogP contribution in [0.1, 0.15) is 33.3 Å². The first-order valence-electron chi connectivity index (χ1n) is 8.95. The Morgan fingerprint density at radius 2 is 1.35 bits per heavy atom. The van der Waals surface area contributed by atoms with Crippen LogP contribution in [0.25, 0.3) is 0 Å². The number of ether oxygens (including phenoxy) is 2. The predicted octanol–water partition coefficient (Wildman–Crippen LogP) is 3.99. The second kappa shape index (κ2) is 9.70. The molecule has 2 aromatic rings. The fourth-order valence-electron chi connectivity index (χ4n) is 2.33. The smallest absolute Gasteiger partial charge is 0.239 e. The first kappa shape index (κ1) is 19.6. The van der Waals surface area contributed by atoms with Gasteiger partial charge in [0.15, 0.2) is 0 Å². The van der Waals surface area contributed by atoms with E-state index in [1.807, 2.05) is 76.2 Å². The van der Waals surface area contributed by atoms with E-state index in [4.69, 9.17) is 9.47 Å². The normalized spacial score (nSPS) is 10.7. The van der Waals surface area contributed by atoms with Crippen LogP contribution in [0.5, 0.6) is 11.5 Å². The Morgan fingerprint density at radius 3 is 1.85 bits per heavy atom. The second-order valence-electron chi connectivity index (χ2n) is 6.63. The molecule has 0 unspecified atom stereocenters. The molecule has 2 N–H and O–H groups in total. The molecule has 0 radical (unpaired) electrons. The fourth-order valence-corrected chi connectivity index (χ4v) is 2.33. The molecule has 2 rings (SSSR count). The monoisotopic (exact) mass is 356 g/mol. The van der Waals surface area contributed by atoms with Crippen LogP contribution >= 0.6 is 0 Å². The number of nitrogens with one attached hydrogen (secondary N) is 2. The summed E-state index contributed by atoms with van der Waals surface area (Å²) in [7, 11) is 0. The third-order valence-corrected chi connectivity index (χ3v) is 3.46. The van der Waals surface area contributed by atoms with E-state index in [0.29, 0.717) is 6.54 Å². The van der Waals surface area contributed by atoms with Gasteiger partial charge in [0.1, 0.15) is 11.5 Å². The van der Waals surface area contributed by atoms with E-state index < -0.39 is 0 Å². The molecule has 0 aliphatic heterocycles. The molecule has 5 heteroatoms. The van der Waals surface area contributed by atoms with E-state index in [0.717, 1.165) is 22.7 Å². The number of rotatable bonds is 9. The van der Waals surface area contributed by atoms with Gasteiger partial charge in [0.25, 0.3) is 0 Å². The number of amides is 1. The second-order valence-corrected chi connectivity index (χ2v) is 6.63. The third-order valence-electron chi connectivity index (χ3n) is 3.46. The lowest BCUT2D eigenvalue weighted by Crippen LogP contribution is -2.29. The average Bonchev–Trinajstić information content (AvgIpc) is 2.59. The molecule has 0 heterocycles. The molecule has 0 saturated carbocycles. The highest BCUT2D eigenvalue weighted by atomic mass is 16.5. The molecule has 0 aliphatic carbocycles. The number of benzene rings is 2. The van der Waals surface area contributed by atoms with Gasteiger partial charge in [-0.25, -0.2) is 0 Å². The Morgan fingerprint density at radius 1 is 0.846 bits per heavy atom. The minimum atomic E-state index is -0.0602. The third kappa shape index (κ3) is 7.05. The van der Waals surface area contributed by atoms with E-state index in [-0.39, 0.29) is 24.7 Å². The maximum absolute atomic E-state index is 12.0. The summed E-state index contributed by atoms with van der Waals surface area (Å²) in [6.45, 7) is 8.67. The Kier molecular flexibility index (Phi) is 7.33. The van der Waals surface area contributed by atoms with Crippen LogP contribution < -0.4 is 20.1 Å². The number of carbonyl (C=O) groups is 1. The van der Waals surface area contributed by atoms with E-state index in [2.05, 4.69) is 10.6 Å². The van der Waals surface area contributed by atoms with Gasteiger partial charge < -0.3 is 20.1 Å². The predicted molar refractivity (Wildman–Crippen MR) is 105 cm³/mol. The molecule has 0 aliphatic rings. The molecule has 2 aromatic carbocycles. The standard InChI is InChI=1S/C21H28N2O3/c1-15(2)25-19-9-5-17(6-10-19)13-23-21(24)14-22-18-7-11-20(12-8-18)26-16(3)4/h5-12,15-16,22H,13-14H2,1-4H3,(H,23,24). The highest BCUT2D eigenvalue weighted by Crippen LogP contribution is 2.17. The Hall–Kier alpha value is -2.69. The lowest BCUT2D eigenvalue weighted by atomic mass is 10.2. The molecule has 0 saturated heterocycles. The molecule has 0 atom stereocenters. The van der Waals surface area contributed by atoms with Crippen LogP contribution in [0.15, 0.2) is 48.5 Å². The molecule has 5 nitrogen and oxygen atoms in total. The minimum Gasteiger partial charge on any atom is -0.491 e. The molecule has 1 amide bonds. The van der Waals surface area contributed by atoms with E-state index in [9.17, 15) is 4.79 Å². The Labute approximate surface area is 155 Å². The van der Waals surface area contributed by atoms with Gasteiger partial charge in [-0.2, -0.15) is 0 Å². The van der Waals surface area contributed by atoms with Gasteiger partial charge in [-0.05, 0) is 69.7 Å². The van der Waals surface area contributed by atoms with Gasteiger partial charge in [0.2, 0.25) is 5.91 Å². The summed E-state index contributed by atoms with van der Waals surface area (Å²) in [4.78, 5) is 12.0. The zero-order chi connectivity index (χ0) is 18.9. The van der Waals surface area contributed by atoms with Crippen molar-refractivity contribution in [3.05, 3.63) is 54.1 Å². The molecule has 0 bridgehead atoms. The van der Waals surface area contributed by atoms with E-state index in [1.54, 1.807) is 0 Å². The van der Waals surface area contributed by atoms with E-state index in [1.165, 1.54) is 0 Å². The number of anilines is 1. The van der Waals surface area contributed by atoms with Gasteiger partial charge in [-0.15, -0.1) is 0 Å². The van der Waals surface area contributed by atoms with Crippen molar-refractivity contribution in [1.29, 1.82) is 0 Å². The average molecular weight is 356 g/mol. The SMILES string of the molecule is CC(C)Oc1ccc(CNC(=O)CNc2ccc(OC(C)C)cc2)cc1. The van der Waals surface area contributed by atoms with Crippen molar-refractivity contribution in [1.82, 2.24) is 5.32 Å². The fraction of sp³-hybridized carbons (Fsp3) is 0.381. The molecular formula is C21H28N2O3. The van der Waals surface area contributed by atoms with Crippen LogP contribution in [0.4, 0.5) is 5.69 Å². The van der Waals surface area contributed by atoms with Crippen LogP contribution in [-0.2, 0) is 11.3 Å². The Balaban J connectivity index is 1.73. The van der Waals surface area contributed by atoms with Crippen molar-refractivity contribution in [2.24, 2.45) is 0 Å². The summed E-state index contributed by atoms with van der Waals surface area (Å²) in [5, 5.41) is 6.00. The summed E-state index contributed by atoms with van der Waals surface area (Å²) in [5.41, 5.74) is 1.91. The molecule has 140 valence electrons. The van der Waals surface area contributed by atoms with Crippen molar-refractivity contribution in [2.75, 3.05) is 11.9 Å². The summed E-state index contributed by atoms with van der Waals surface area (Å²) >= 11 is 0. The summed E-state index contributed by atoms with van der Waals surface area (Å²) in [6, 6.07) is 15.3. The zero-order valence-electron chi connectivity index (χ0n) is 15.9. The Bertz CT molecular complexity index is 620. The van der Waals surface area contributed by atoms with Crippen LogP contribution in [-0.4, -0.2) is 24.7 Å². The first-order valence-corrected chi connectivity index (χ1v) is 8.95. The van der Waals surface area contributed by atoms with Gasteiger partial charge in [-0.3, -0.25) is 4.79 Å². The lowest BCUT2D eigenvalue weighted by Gasteiger charge is -2.12. The number of hydrogen-bond donors (Lipinski definition) is 2. The maximum atomic E-state index is 12.0. The van der Waals surface area contributed by atoms with Crippen LogP contribution in [0.3, 0.4) is 0 Å². The van der Waals surface area contributed by atoms with Crippen molar-refractivity contribution in [3.63, 3.8) is 0 Å². The first-order chi connectivity index (χ1) is 12.4. The van der Waals surface area contributed by atoms with Crippen LogP contribution in [0, 0.1) is 0 Å². The molecule has 0 aromatic heterocycles. The largest absolute Gasteiger partial charge is 0.491 e. The molecule has 0 spiro atoms. The van der Waals surface area contributed by atoms with Crippen LogP contribution in [0.2, 0.25) is 0 Å². The summed E-state index contributed by atoms with van der Waals surface area (Å²) in [5.74, 6) is 1.59. The van der Waals surface area contributed by atoms with Crippen molar-refractivity contribution in [3.8, 4) is 11.5 Å². The van der Waals surface area contributed by atoms with Gasteiger partial charge in [0, 0.05) is 12.2 Å². The quantitative estimate of drug-likeness (QED) is 0.713. The number of carbonyl (C=O) groups excluding carboxylic acids is 1. The van der Waals surface area contributed by atoms with Gasteiger partial charge in [0.05, 0.1) is 18.8 Å². The highest BCUT2D eigenvalue weighted by molar-refractivity contribution is 5.80. The molecular weight excluding hydrogens is 328 g/mol. The van der Waals surface area contributed by atoms with Gasteiger partial charge >= 0.3 is 0 Å². The molecule has 26 heavy (non-hydrogen) atoms. The summed E-state index contributed by atoms with van der Waals surface area (Å²) in [6.07, 6.45) is 0.295. The van der Waals surface area contributed by atoms with Crippen molar-refractivity contribution >= 4 is 11.6 Å². The van der Waals surface area contributed by atoms with Crippen molar-refractivity contribution in [2.45, 2.75) is 46.4 Å². The van der Waals surface area contributed by atoms with Crippen molar-refractivity contribution < 1.29 is 14.3 Å². The lowest BCUT2D eigenvalue weighted by molar-refractivity contribution is -0.119. The topological polar surface area (TPSA) is 59.6 Å². The van der Waals surface area contributed by atoms with Gasteiger partial charge in [-0.1, -0.05) is 12.1 Å². The zero-order valence-corrected chi connectivity index (χ0v) is 15.9. The minimum absolute atomic E-state index is 0.0602. The highest BCUT2D eigenvalue weighted by Gasteiger charge is 2.03. The maximum Gasteiger partial charge on any atom is 0.239 e. The molecule has 0 fully saturated rings. The summed E-state index contributed by atoms with van der Waals surface area (Å²) < 4.78 is 11.2. The number of hydrogen-bond acceptors (Lipinski definition) is 4. The van der Waals surface area contributed by atoms with E-state index >= 15 is 0 Å².